The third-order valence-electron chi connectivity index (χ3n) is 3.66. The third kappa shape index (κ3) is 3.78. The van der Waals surface area contributed by atoms with Gasteiger partial charge in [-0.15, -0.1) is 12.4 Å². The Kier molecular flexibility index (Phi) is 6.80. The van der Waals surface area contributed by atoms with Crippen LogP contribution in [-0.4, -0.2) is 60.9 Å². The number of hydrogen-bond acceptors (Lipinski definition) is 5. The fraction of sp³-hybridized carbons (Fsp3) is 0.571. The van der Waals surface area contributed by atoms with Crippen molar-refractivity contribution in [3.05, 3.63) is 23.8 Å². The van der Waals surface area contributed by atoms with Gasteiger partial charge in [0.2, 0.25) is 0 Å². The van der Waals surface area contributed by atoms with Crippen molar-refractivity contribution in [2.45, 2.75) is 12.0 Å². The molecule has 1 fully saturated rings. The average molecular weight is 339 g/mol. The number of nitrogens with one attached hydrogen (secondary N) is 1. The van der Waals surface area contributed by atoms with E-state index in [1.165, 1.54) is 25.3 Å². The van der Waals surface area contributed by atoms with E-state index in [9.17, 15) is 13.9 Å². The van der Waals surface area contributed by atoms with Crippen molar-refractivity contribution in [2.24, 2.45) is 0 Å². The number of phenolic OH excluding ortho intramolecular Hbond substituents is 1. The molecule has 0 radical (unpaired) electrons. The maximum absolute atomic E-state index is 14.3. The molecular formula is C14H21ClF2N2O3. The minimum Gasteiger partial charge on any atom is -0.507 e. The van der Waals surface area contributed by atoms with E-state index in [2.05, 4.69) is 5.32 Å². The second-order valence-electron chi connectivity index (χ2n) is 5.00. The lowest BCUT2D eigenvalue weighted by Crippen LogP contribution is -2.51. The maximum Gasteiger partial charge on any atom is 0.290 e. The van der Waals surface area contributed by atoms with E-state index in [4.69, 9.17) is 9.84 Å². The standard InChI is InChI=1S/C14H20F2N2O3.ClH/c1-21-11-4-2-3-10(20)12(11)13(14(15,16)9-19)18-7-5-17-6-8-18;/h2-4,13,17,19-20H,5-9H2,1H3;1H/t13-;/m0./s1. The third-order valence-corrected chi connectivity index (χ3v) is 3.66. The van der Waals surface area contributed by atoms with Gasteiger partial charge in [0.15, 0.2) is 0 Å². The molecule has 1 aromatic carbocycles. The van der Waals surface area contributed by atoms with Gasteiger partial charge in [-0.05, 0) is 12.1 Å². The number of halogens is 3. The molecule has 8 heteroatoms. The van der Waals surface area contributed by atoms with Crippen molar-refractivity contribution in [1.29, 1.82) is 0 Å². The highest BCUT2D eigenvalue weighted by atomic mass is 35.5. The number of phenols is 1. The normalized spacial score (nSPS) is 17.6. The van der Waals surface area contributed by atoms with E-state index >= 15 is 0 Å². The van der Waals surface area contributed by atoms with Gasteiger partial charge in [-0.2, -0.15) is 0 Å². The summed E-state index contributed by atoms with van der Waals surface area (Å²) in [7, 11) is 1.37. The van der Waals surface area contributed by atoms with Gasteiger partial charge in [0, 0.05) is 26.2 Å². The molecule has 22 heavy (non-hydrogen) atoms. The van der Waals surface area contributed by atoms with Crippen molar-refractivity contribution in [3.63, 3.8) is 0 Å². The summed E-state index contributed by atoms with van der Waals surface area (Å²) in [6, 6.07) is 2.97. The fourth-order valence-corrected chi connectivity index (χ4v) is 2.67. The first-order valence-corrected chi connectivity index (χ1v) is 6.80. The molecule has 0 amide bonds. The Hall–Kier alpha value is -1.15. The van der Waals surface area contributed by atoms with Crippen LogP contribution in [0.25, 0.3) is 0 Å². The fourth-order valence-electron chi connectivity index (χ4n) is 2.67. The van der Waals surface area contributed by atoms with Crippen LogP contribution < -0.4 is 10.1 Å². The van der Waals surface area contributed by atoms with Crippen LogP contribution in [0.3, 0.4) is 0 Å². The molecule has 1 aliphatic heterocycles. The minimum atomic E-state index is -3.39. The molecule has 0 bridgehead atoms. The molecule has 126 valence electrons. The quantitative estimate of drug-likeness (QED) is 0.757. The van der Waals surface area contributed by atoms with Crippen molar-refractivity contribution in [1.82, 2.24) is 10.2 Å². The van der Waals surface area contributed by atoms with Crippen LogP contribution >= 0.6 is 12.4 Å². The monoisotopic (exact) mass is 338 g/mol. The Balaban J connectivity index is 0.00000242. The molecule has 0 unspecified atom stereocenters. The van der Waals surface area contributed by atoms with E-state index in [1.807, 2.05) is 0 Å². The number of alkyl halides is 2. The highest BCUT2D eigenvalue weighted by Crippen LogP contribution is 2.44. The summed E-state index contributed by atoms with van der Waals surface area (Å²) in [4.78, 5) is 1.56. The van der Waals surface area contributed by atoms with Crippen molar-refractivity contribution in [3.8, 4) is 11.5 Å². The highest BCUT2D eigenvalue weighted by molar-refractivity contribution is 5.85. The zero-order valence-electron chi connectivity index (χ0n) is 12.3. The summed E-state index contributed by atoms with van der Waals surface area (Å²) in [6.07, 6.45) is 0. The lowest BCUT2D eigenvalue weighted by atomic mass is 9.96. The molecule has 1 aliphatic rings. The molecule has 2 rings (SSSR count). The Bertz CT molecular complexity index is 485. The first-order chi connectivity index (χ1) is 10.0. The number of ether oxygens (including phenoxy) is 1. The molecular weight excluding hydrogens is 318 g/mol. The van der Waals surface area contributed by atoms with Gasteiger partial charge in [0.1, 0.15) is 24.1 Å². The van der Waals surface area contributed by atoms with E-state index in [0.29, 0.717) is 26.2 Å². The number of hydrogen-bond donors (Lipinski definition) is 3. The Morgan fingerprint density at radius 2 is 2.00 bits per heavy atom. The number of piperazine rings is 1. The van der Waals surface area contributed by atoms with Crippen LogP contribution in [0.15, 0.2) is 18.2 Å². The van der Waals surface area contributed by atoms with Gasteiger partial charge in [-0.1, -0.05) is 6.07 Å². The Morgan fingerprint density at radius 3 is 2.55 bits per heavy atom. The number of benzene rings is 1. The van der Waals surface area contributed by atoms with Crippen molar-refractivity contribution >= 4 is 12.4 Å². The lowest BCUT2D eigenvalue weighted by molar-refractivity contribution is -0.119. The largest absolute Gasteiger partial charge is 0.507 e. The van der Waals surface area contributed by atoms with E-state index in [-0.39, 0.29) is 29.5 Å². The summed E-state index contributed by atoms with van der Waals surface area (Å²) >= 11 is 0. The smallest absolute Gasteiger partial charge is 0.290 e. The predicted molar refractivity (Wildman–Crippen MR) is 81.1 cm³/mol. The number of aliphatic hydroxyl groups excluding tert-OH is 1. The van der Waals surface area contributed by atoms with Crippen LogP contribution in [0.1, 0.15) is 11.6 Å². The second kappa shape index (κ2) is 7.92. The van der Waals surface area contributed by atoms with Crippen LogP contribution in [0, 0.1) is 0 Å². The van der Waals surface area contributed by atoms with Gasteiger partial charge in [0.25, 0.3) is 5.92 Å². The first kappa shape index (κ1) is 18.9. The molecule has 1 saturated heterocycles. The zero-order valence-corrected chi connectivity index (χ0v) is 13.1. The van der Waals surface area contributed by atoms with Gasteiger partial charge < -0.3 is 20.3 Å². The summed E-state index contributed by atoms with van der Waals surface area (Å²) < 4.78 is 33.7. The maximum atomic E-state index is 14.3. The van der Waals surface area contributed by atoms with Gasteiger partial charge in [-0.3, -0.25) is 4.90 Å². The van der Waals surface area contributed by atoms with Crippen molar-refractivity contribution < 1.29 is 23.7 Å². The molecule has 5 nitrogen and oxygen atoms in total. The Labute approximate surface area is 134 Å². The van der Waals surface area contributed by atoms with Crippen LogP contribution in [0.5, 0.6) is 11.5 Å². The molecule has 1 aromatic rings. The summed E-state index contributed by atoms with van der Waals surface area (Å²) in [5.41, 5.74) is 0.0148. The molecule has 1 heterocycles. The molecule has 1 atom stereocenters. The van der Waals surface area contributed by atoms with E-state index in [0.717, 1.165) is 0 Å². The summed E-state index contributed by atoms with van der Waals surface area (Å²) in [6.45, 7) is 0.663. The topological polar surface area (TPSA) is 65.0 Å². The van der Waals surface area contributed by atoms with Crippen LogP contribution in [0.2, 0.25) is 0 Å². The first-order valence-electron chi connectivity index (χ1n) is 6.80. The average Bonchev–Trinajstić information content (AvgIpc) is 2.50. The second-order valence-corrected chi connectivity index (χ2v) is 5.00. The van der Waals surface area contributed by atoms with Crippen LogP contribution in [-0.2, 0) is 0 Å². The van der Waals surface area contributed by atoms with Gasteiger partial charge in [-0.25, -0.2) is 8.78 Å². The lowest BCUT2D eigenvalue weighted by Gasteiger charge is -2.39. The van der Waals surface area contributed by atoms with Gasteiger partial charge in [0.05, 0.1) is 12.7 Å². The molecule has 0 saturated carbocycles. The van der Waals surface area contributed by atoms with Gasteiger partial charge >= 0.3 is 0 Å². The van der Waals surface area contributed by atoms with Crippen LogP contribution in [0.4, 0.5) is 8.78 Å². The molecule has 0 aromatic heterocycles. The number of aromatic hydroxyl groups is 1. The minimum absolute atomic E-state index is 0. The van der Waals surface area contributed by atoms with E-state index in [1.54, 1.807) is 4.90 Å². The number of methoxy groups -OCH3 is 1. The number of aliphatic hydroxyl groups is 1. The predicted octanol–water partition coefficient (Wildman–Crippen LogP) is 1.40. The Morgan fingerprint density at radius 1 is 1.36 bits per heavy atom. The summed E-state index contributed by atoms with van der Waals surface area (Å²) in [5.74, 6) is -3.46. The number of nitrogens with zero attached hydrogens (tertiary/aromatic N) is 1. The van der Waals surface area contributed by atoms with Crippen molar-refractivity contribution in [2.75, 3.05) is 39.9 Å². The molecule has 0 aliphatic carbocycles. The summed E-state index contributed by atoms with van der Waals surface area (Å²) in [5, 5.41) is 22.2. The SMILES string of the molecule is COc1cccc(O)c1[C@H](N1CCNCC1)C(F)(F)CO.Cl. The highest BCUT2D eigenvalue weighted by Gasteiger charge is 2.46. The molecule has 3 N–H and O–H groups in total. The molecule has 0 spiro atoms. The van der Waals surface area contributed by atoms with E-state index < -0.39 is 18.6 Å². The number of rotatable bonds is 5. The zero-order chi connectivity index (χ0) is 15.5.